The van der Waals surface area contributed by atoms with Gasteiger partial charge in [0, 0.05) is 18.3 Å². The number of hydrogen-bond acceptors (Lipinski definition) is 2. The minimum absolute atomic E-state index is 0.0156. The molecule has 0 radical (unpaired) electrons. The Morgan fingerprint density at radius 2 is 1.83 bits per heavy atom. The van der Waals surface area contributed by atoms with Gasteiger partial charge < -0.3 is 4.57 Å². The van der Waals surface area contributed by atoms with Crippen LogP contribution in [0.3, 0.4) is 0 Å². The molecule has 2 aromatic rings. The van der Waals surface area contributed by atoms with Gasteiger partial charge in [-0.15, -0.1) is 0 Å². The van der Waals surface area contributed by atoms with Crippen LogP contribution in [0.4, 0.5) is 0 Å². The Labute approximate surface area is 106 Å². The highest BCUT2D eigenvalue weighted by atomic mass is 16.1. The summed E-state index contributed by atoms with van der Waals surface area (Å²) in [6, 6.07) is 9.72. The summed E-state index contributed by atoms with van der Waals surface area (Å²) in [6.45, 7) is 0. The molecule has 0 aliphatic heterocycles. The fourth-order valence-electron chi connectivity index (χ4n) is 2.60. The van der Waals surface area contributed by atoms with Crippen LogP contribution in [0.2, 0.25) is 0 Å². The van der Waals surface area contributed by atoms with Gasteiger partial charge >= 0.3 is 0 Å². The molecule has 92 valence electrons. The first-order valence-corrected chi connectivity index (χ1v) is 6.41. The molecule has 3 nitrogen and oxygen atoms in total. The zero-order chi connectivity index (χ0) is 12.5. The number of benzene rings is 1. The highest BCUT2D eigenvalue weighted by molar-refractivity contribution is 5.58. The Hall–Kier alpha value is -1.90. The van der Waals surface area contributed by atoms with E-state index in [4.69, 9.17) is 0 Å². The first-order valence-electron chi connectivity index (χ1n) is 6.41. The molecule has 1 aliphatic carbocycles. The molecular formula is C15H16N2O. The van der Waals surface area contributed by atoms with Gasteiger partial charge in [-0.1, -0.05) is 30.3 Å². The smallest absolute Gasteiger partial charge is 0.277 e. The van der Waals surface area contributed by atoms with Gasteiger partial charge in [0.2, 0.25) is 0 Å². The molecule has 18 heavy (non-hydrogen) atoms. The molecule has 0 N–H and O–H groups in total. The second-order valence-electron chi connectivity index (χ2n) is 4.79. The van der Waals surface area contributed by atoms with Crippen molar-refractivity contribution in [2.24, 2.45) is 7.05 Å². The van der Waals surface area contributed by atoms with Crippen LogP contribution in [0, 0.1) is 0 Å². The number of aryl methyl sites for hydroxylation is 1. The zero-order valence-corrected chi connectivity index (χ0v) is 10.5. The molecule has 0 bridgehead atoms. The van der Waals surface area contributed by atoms with Gasteiger partial charge in [0.15, 0.2) is 0 Å². The first-order chi connectivity index (χ1) is 8.77. The van der Waals surface area contributed by atoms with Crippen molar-refractivity contribution in [3.63, 3.8) is 0 Å². The molecule has 0 unspecified atom stereocenters. The average molecular weight is 240 g/mol. The normalized spacial score (nSPS) is 14.3. The van der Waals surface area contributed by atoms with Crippen molar-refractivity contribution in [3.05, 3.63) is 52.1 Å². The van der Waals surface area contributed by atoms with Crippen molar-refractivity contribution in [2.75, 3.05) is 0 Å². The third-order valence-electron chi connectivity index (χ3n) is 3.62. The Kier molecular flexibility index (Phi) is 2.74. The lowest BCUT2D eigenvalue weighted by atomic mass is 9.99. The summed E-state index contributed by atoms with van der Waals surface area (Å²) >= 11 is 0. The Morgan fingerprint density at radius 3 is 2.61 bits per heavy atom. The summed E-state index contributed by atoms with van der Waals surface area (Å²) < 4.78 is 1.78. The van der Waals surface area contributed by atoms with E-state index in [1.54, 1.807) is 4.57 Å². The zero-order valence-electron chi connectivity index (χ0n) is 10.5. The number of rotatable bonds is 1. The predicted octanol–water partition coefficient (Wildman–Crippen LogP) is 2.33. The van der Waals surface area contributed by atoms with E-state index in [1.165, 1.54) is 6.42 Å². The van der Waals surface area contributed by atoms with Crippen LogP contribution in [0.1, 0.15) is 24.2 Å². The number of fused-ring (bicyclic) bond motifs is 1. The minimum Gasteiger partial charge on any atom is -0.312 e. The number of nitrogens with zero attached hydrogens (tertiary/aromatic N) is 2. The highest BCUT2D eigenvalue weighted by Crippen LogP contribution is 2.21. The standard InChI is InChI=1S/C15H16N2O/c1-17-13-10-6-5-9-12(13)16-14(15(17)18)11-7-3-2-4-8-11/h2-4,7-8H,5-6,9-10H2,1H3. The average Bonchev–Trinajstić information content (AvgIpc) is 2.44. The molecule has 0 amide bonds. The highest BCUT2D eigenvalue weighted by Gasteiger charge is 2.17. The fourth-order valence-corrected chi connectivity index (χ4v) is 2.60. The van der Waals surface area contributed by atoms with E-state index in [0.29, 0.717) is 5.69 Å². The Bertz CT molecular complexity index is 629. The van der Waals surface area contributed by atoms with Gasteiger partial charge in [0.25, 0.3) is 5.56 Å². The van der Waals surface area contributed by atoms with Gasteiger partial charge in [0.05, 0.1) is 5.69 Å². The van der Waals surface area contributed by atoms with Gasteiger partial charge in [-0.2, -0.15) is 0 Å². The topological polar surface area (TPSA) is 34.9 Å². The molecule has 0 fully saturated rings. The van der Waals surface area contributed by atoms with Gasteiger partial charge in [-0.05, 0) is 25.7 Å². The van der Waals surface area contributed by atoms with Crippen LogP contribution in [-0.4, -0.2) is 9.55 Å². The molecule has 1 aromatic carbocycles. The van der Waals surface area contributed by atoms with Gasteiger partial charge in [-0.3, -0.25) is 4.79 Å². The summed E-state index contributed by atoms with van der Waals surface area (Å²) in [4.78, 5) is 17.0. The third kappa shape index (κ3) is 1.76. The largest absolute Gasteiger partial charge is 0.312 e. The lowest BCUT2D eigenvalue weighted by Crippen LogP contribution is -2.27. The second kappa shape index (κ2) is 4.41. The first kappa shape index (κ1) is 11.2. The molecule has 3 heteroatoms. The lowest BCUT2D eigenvalue weighted by molar-refractivity contribution is 0.606. The summed E-state index contributed by atoms with van der Waals surface area (Å²) in [5, 5.41) is 0. The van der Waals surface area contributed by atoms with Crippen LogP contribution in [0.5, 0.6) is 0 Å². The van der Waals surface area contributed by atoms with Crippen molar-refractivity contribution >= 4 is 0 Å². The van der Waals surface area contributed by atoms with E-state index < -0.39 is 0 Å². The van der Waals surface area contributed by atoms with Crippen LogP contribution >= 0.6 is 0 Å². The molecule has 0 spiro atoms. The van der Waals surface area contributed by atoms with Crippen LogP contribution in [-0.2, 0) is 19.9 Å². The molecule has 1 aromatic heterocycles. The van der Waals surface area contributed by atoms with E-state index in [-0.39, 0.29) is 5.56 Å². The van der Waals surface area contributed by atoms with Crippen molar-refractivity contribution in [2.45, 2.75) is 25.7 Å². The monoisotopic (exact) mass is 240 g/mol. The van der Waals surface area contributed by atoms with Crippen LogP contribution in [0.25, 0.3) is 11.3 Å². The molecule has 3 rings (SSSR count). The summed E-state index contributed by atoms with van der Waals surface area (Å²) in [6.07, 6.45) is 4.30. The molecule has 1 aliphatic rings. The SMILES string of the molecule is Cn1c2c(nc(-c3ccccc3)c1=O)CCCC2. The van der Waals surface area contributed by atoms with E-state index >= 15 is 0 Å². The molecule has 0 saturated carbocycles. The summed E-state index contributed by atoms with van der Waals surface area (Å²) in [7, 11) is 1.86. The van der Waals surface area contributed by atoms with Gasteiger partial charge in [0.1, 0.15) is 5.69 Å². The maximum Gasteiger partial charge on any atom is 0.277 e. The fraction of sp³-hybridized carbons (Fsp3) is 0.333. The predicted molar refractivity (Wildman–Crippen MR) is 71.6 cm³/mol. The van der Waals surface area contributed by atoms with E-state index in [9.17, 15) is 4.79 Å². The number of aromatic nitrogens is 2. The third-order valence-corrected chi connectivity index (χ3v) is 3.62. The Balaban J connectivity index is 2.23. The van der Waals surface area contributed by atoms with Gasteiger partial charge in [-0.25, -0.2) is 4.98 Å². The quantitative estimate of drug-likeness (QED) is 0.766. The van der Waals surface area contributed by atoms with Crippen molar-refractivity contribution in [3.8, 4) is 11.3 Å². The minimum atomic E-state index is 0.0156. The maximum absolute atomic E-state index is 12.3. The van der Waals surface area contributed by atoms with E-state index in [0.717, 1.165) is 36.2 Å². The van der Waals surface area contributed by atoms with E-state index in [1.807, 2.05) is 37.4 Å². The van der Waals surface area contributed by atoms with Crippen LogP contribution < -0.4 is 5.56 Å². The maximum atomic E-state index is 12.3. The summed E-state index contributed by atoms with van der Waals surface area (Å²) in [5.74, 6) is 0. The molecular weight excluding hydrogens is 224 g/mol. The van der Waals surface area contributed by atoms with Crippen molar-refractivity contribution < 1.29 is 0 Å². The van der Waals surface area contributed by atoms with E-state index in [2.05, 4.69) is 4.98 Å². The van der Waals surface area contributed by atoms with Crippen molar-refractivity contribution in [1.82, 2.24) is 9.55 Å². The van der Waals surface area contributed by atoms with Crippen LogP contribution in [0.15, 0.2) is 35.1 Å². The second-order valence-corrected chi connectivity index (χ2v) is 4.79. The number of hydrogen-bond donors (Lipinski definition) is 0. The summed E-state index contributed by atoms with van der Waals surface area (Å²) in [5.41, 5.74) is 3.72. The molecule has 0 atom stereocenters. The molecule has 1 heterocycles. The molecule has 0 saturated heterocycles. The lowest BCUT2D eigenvalue weighted by Gasteiger charge is -2.19. The Morgan fingerprint density at radius 1 is 1.11 bits per heavy atom. The van der Waals surface area contributed by atoms with Crippen molar-refractivity contribution in [1.29, 1.82) is 0 Å².